The maximum absolute atomic E-state index is 14.1. The van der Waals surface area contributed by atoms with Crippen LogP contribution in [0, 0.1) is 5.82 Å². The van der Waals surface area contributed by atoms with Gasteiger partial charge < -0.3 is 0 Å². The van der Waals surface area contributed by atoms with Crippen molar-refractivity contribution in [2.45, 2.75) is 36.1 Å². The average molecular weight is 459 g/mol. The summed E-state index contributed by atoms with van der Waals surface area (Å²) in [6, 6.07) is 19.5. The molecule has 31 heavy (non-hydrogen) atoms. The molecular weight excluding hydrogens is 431 g/mol. The van der Waals surface area contributed by atoms with Gasteiger partial charge in [0.25, 0.3) is 0 Å². The Morgan fingerprint density at radius 2 is 1.77 bits per heavy atom. The van der Waals surface area contributed by atoms with Gasteiger partial charge in [-0.15, -0.1) is 0 Å². The molecule has 164 valence electrons. The molecular formula is C24H27FN2O2S2. The van der Waals surface area contributed by atoms with Crippen molar-refractivity contribution in [2.24, 2.45) is 0 Å². The molecule has 0 saturated carbocycles. The molecule has 1 heterocycles. The van der Waals surface area contributed by atoms with E-state index in [2.05, 4.69) is 17.5 Å². The van der Waals surface area contributed by atoms with Crippen molar-refractivity contribution < 1.29 is 12.8 Å². The van der Waals surface area contributed by atoms with Gasteiger partial charge in [-0.3, -0.25) is 4.90 Å². The van der Waals surface area contributed by atoms with Crippen molar-refractivity contribution in [1.29, 1.82) is 0 Å². The van der Waals surface area contributed by atoms with Crippen molar-refractivity contribution in [3.05, 3.63) is 78.1 Å². The zero-order valence-electron chi connectivity index (χ0n) is 17.5. The van der Waals surface area contributed by atoms with Gasteiger partial charge in [-0.1, -0.05) is 55.5 Å². The first-order valence-corrected chi connectivity index (χ1v) is 12.5. The Morgan fingerprint density at radius 3 is 2.52 bits per heavy atom. The van der Waals surface area contributed by atoms with E-state index in [0.717, 1.165) is 10.8 Å². The maximum atomic E-state index is 14.1. The van der Waals surface area contributed by atoms with E-state index in [-0.39, 0.29) is 17.1 Å². The molecule has 7 heteroatoms. The number of halogens is 1. The summed E-state index contributed by atoms with van der Waals surface area (Å²) in [5.74, 6) is -0.236. The second kappa shape index (κ2) is 9.28. The molecule has 2 atom stereocenters. The molecule has 0 aliphatic carbocycles. The molecule has 1 saturated heterocycles. The van der Waals surface area contributed by atoms with E-state index in [9.17, 15) is 12.8 Å². The van der Waals surface area contributed by atoms with Crippen LogP contribution < -0.4 is 0 Å². The van der Waals surface area contributed by atoms with Crippen molar-refractivity contribution in [1.82, 2.24) is 9.21 Å². The molecule has 3 aromatic carbocycles. The predicted molar refractivity (Wildman–Crippen MR) is 126 cm³/mol. The second-order valence-electron chi connectivity index (χ2n) is 8.05. The molecule has 0 radical (unpaired) electrons. The summed E-state index contributed by atoms with van der Waals surface area (Å²) in [6.07, 6.45) is 0.670. The van der Waals surface area contributed by atoms with Crippen LogP contribution in [-0.2, 0) is 16.6 Å². The Hall–Kier alpha value is -1.93. The van der Waals surface area contributed by atoms with Crippen LogP contribution >= 0.6 is 12.6 Å². The highest BCUT2D eigenvalue weighted by Crippen LogP contribution is 2.31. The third-order valence-corrected chi connectivity index (χ3v) is 8.23. The van der Waals surface area contributed by atoms with Gasteiger partial charge in [0.05, 0.1) is 4.90 Å². The van der Waals surface area contributed by atoms with Gasteiger partial charge in [-0.2, -0.15) is 16.9 Å². The summed E-state index contributed by atoms with van der Waals surface area (Å²) in [6.45, 7) is 4.07. The Balaban J connectivity index is 1.58. The number of benzene rings is 3. The Kier molecular flexibility index (Phi) is 6.67. The van der Waals surface area contributed by atoms with Gasteiger partial charge >= 0.3 is 0 Å². The molecule has 0 amide bonds. The van der Waals surface area contributed by atoms with Crippen LogP contribution in [-0.4, -0.2) is 48.5 Å². The molecule has 0 spiro atoms. The summed E-state index contributed by atoms with van der Waals surface area (Å²) in [4.78, 5) is 2.40. The van der Waals surface area contributed by atoms with Crippen molar-refractivity contribution in [3.8, 4) is 0 Å². The molecule has 3 aromatic rings. The minimum atomic E-state index is -3.66. The number of hydrogen-bond donors (Lipinski definition) is 1. The molecule has 0 bridgehead atoms. The minimum Gasteiger partial charge on any atom is -0.298 e. The summed E-state index contributed by atoms with van der Waals surface area (Å²) < 4.78 is 42.8. The Bertz CT molecular complexity index is 1170. The average Bonchev–Trinajstić information content (AvgIpc) is 3.15. The highest BCUT2D eigenvalue weighted by atomic mass is 32.2. The van der Waals surface area contributed by atoms with Crippen LogP contribution in [0.1, 0.15) is 18.9 Å². The topological polar surface area (TPSA) is 40.6 Å². The molecule has 0 unspecified atom stereocenters. The van der Waals surface area contributed by atoms with Gasteiger partial charge in [0.2, 0.25) is 10.0 Å². The van der Waals surface area contributed by atoms with E-state index in [1.54, 1.807) is 28.6 Å². The largest absolute Gasteiger partial charge is 0.298 e. The van der Waals surface area contributed by atoms with Gasteiger partial charge in [0, 0.05) is 36.5 Å². The third kappa shape index (κ3) is 4.80. The first-order valence-electron chi connectivity index (χ1n) is 10.5. The fourth-order valence-corrected chi connectivity index (χ4v) is 6.50. The summed E-state index contributed by atoms with van der Waals surface area (Å²) in [5.41, 5.74) is 0.619. The normalized spacial score (nSPS) is 20.0. The van der Waals surface area contributed by atoms with Gasteiger partial charge in [0.1, 0.15) is 5.82 Å². The zero-order chi connectivity index (χ0) is 22.0. The third-order valence-electron chi connectivity index (χ3n) is 5.94. The summed E-state index contributed by atoms with van der Waals surface area (Å²) >= 11 is 4.60. The number of rotatable bonds is 7. The van der Waals surface area contributed by atoms with E-state index in [1.807, 2.05) is 43.3 Å². The smallest absolute Gasteiger partial charge is 0.243 e. The maximum Gasteiger partial charge on any atom is 0.243 e. The molecule has 1 fully saturated rings. The minimum absolute atomic E-state index is 0.0209. The molecule has 0 aromatic heterocycles. The molecule has 1 aliphatic rings. The van der Waals surface area contributed by atoms with E-state index >= 15 is 0 Å². The van der Waals surface area contributed by atoms with Crippen molar-refractivity contribution in [3.63, 3.8) is 0 Å². The van der Waals surface area contributed by atoms with Gasteiger partial charge in [-0.05, 0) is 41.9 Å². The zero-order valence-corrected chi connectivity index (χ0v) is 19.2. The fourth-order valence-electron chi connectivity index (χ4n) is 4.26. The highest BCUT2D eigenvalue weighted by Gasteiger charge is 2.39. The summed E-state index contributed by atoms with van der Waals surface area (Å²) in [5, 5.41) is 1.89. The first kappa shape index (κ1) is 22.3. The van der Waals surface area contributed by atoms with Crippen LogP contribution in [0.3, 0.4) is 0 Å². The SMILES string of the molecule is CCN(Cc1ccccc1F)C[C@@H]1C[C@@H](S)CN1S(=O)(=O)c1ccc2ccccc2c1. The monoisotopic (exact) mass is 458 g/mol. The van der Waals surface area contributed by atoms with Crippen LogP contribution in [0.5, 0.6) is 0 Å². The van der Waals surface area contributed by atoms with E-state index in [1.165, 1.54) is 6.07 Å². The predicted octanol–water partition coefficient (Wildman–Crippen LogP) is 4.56. The standard InChI is InChI=1S/C24H27FN2O2S2/c1-2-26(15-20-9-5-6-10-24(20)25)16-21-14-22(30)17-27(21)31(28,29)23-12-11-18-7-3-4-8-19(18)13-23/h3-13,21-22,30H,2,14-17H2,1H3/t21-,22+/m0/s1. The van der Waals surface area contributed by atoms with Crippen LogP contribution in [0.25, 0.3) is 10.8 Å². The number of thiol groups is 1. The number of likely N-dealkylation sites (N-methyl/N-ethyl adjacent to an activating group) is 1. The number of nitrogens with zero attached hydrogens (tertiary/aromatic N) is 2. The fraction of sp³-hybridized carbons (Fsp3) is 0.333. The lowest BCUT2D eigenvalue weighted by Crippen LogP contribution is -2.43. The Morgan fingerprint density at radius 1 is 1.06 bits per heavy atom. The lowest BCUT2D eigenvalue weighted by molar-refractivity contribution is 0.219. The number of hydrogen-bond acceptors (Lipinski definition) is 4. The van der Waals surface area contributed by atoms with Gasteiger partial charge in [0.15, 0.2) is 0 Å². The van der Waals surface area contributed by atoms with E-state index in [0.29, 0.717) is 43.1 Å². The summed E-state index contributed by atoms with van der Waals surface area (Å²) in [7, 11) is -3.66. The quantitative estimate of drug-likeness (QED) is 0.528. The second-order valence-corrected chi connectivity index (χ2v) is 10.7. The van der Waals surface area contributed by atoms with Crippen molar-refractivity contribution in [2.75, 3.05) is 19.6 Å². The van der Waals surface area contributed by atoms with Crippen LogP contribution in [0.2, 0.25) is 0 Å². The molecule has 4 nitrogen and oxygen atoms in total. The number of fused-ring (bicyclic) bond motifs is 1. The van der Waals surface area contributed by atoms with Crippen molar-refractivity contribution >= 4 is 33.4 Å². The van der Waals surface area contributed by atoms with Gasteiger partial charge in [-0.25, -0.2) is 12.8 Å². The number of sulfonamides is 1. The van der Waals surface area contributed by atoms with Crippen LogP contribution in [0.15, 0.2) is 71.6 Å². The van der Waals surface area contributed by atoms with Crippen LogP contribution in [0.4, 0.5) is 4.39 Å². The highest BCUT2D eigenvalue weighted by molar-refractivity contribution is 7.89. The molecule has 1 aliphatic heterocycles. The lowest BCUT2D eigenvalue weighted by atomic mass is 10.1. The lowest BCUT2D eigenvalue weighted by Gasteiger charge is -2.30. The first-order chi connectivity index (χ1) is 14.9. The molecule has 0 N–H and O–H groups in total. The molecule has 4 rings (SSSR count). The van der Waals surface area contributed by atoms with E-state index < -0.39 is 10.0 Å². The van der Waals surface area contributed by atoms with E-state index in [4.69, 9.17) is 0 Å². The Labute approximate surface area is 189 Å².